The first-order chi connectivity index (χ1) is 11.5. The number of nitrogens with zero attached hydrogens (tertiary/aromatic N) is 2. The highest BCUT2D eigenvalue weighted by atomic mass is 127. The lowest BCUT2D eigenvalue weighted by molar-refractivity contribution is 0.178. The minimum Gasteiger partial charge on any atom is -0.497 e. The van der Waals surface area contributed by atoms with Crippen LogP contribution in [0.3, 0.4) is 0 Å². The van der Waals surface area contributed by atoms with Crippen LogP contribution in [-0.2, 0) is 6.42 Å². The summed E-state index contributed by atoms with van der Waals surface area (Å²) in [4.78, 5) is 6.76. The van der Waals surface area contributed by atoms with Gasteiger partial charge in [0.1, 0.15) is 5.75 Å². The number of guanidine groups is 1. The van der Waals surface area contributed by atoms with Gasteiger partial charge in [0.25, 0.3) is 0 Å². The van der Waals surface area contributed by atoms with E-state index in [2.05, 4.69) is 60.4 Å². The Hall–Kier alpha value is -1.02. The van der Waals surface area contributed by atoms with Gasteiger partial charge in [-0.3, -0.25) is 9.89 Å². The summed E-state index contributed by atoms with van der Waals surface area (Å²) in [6.45, 7) is 11.7. The molecule has 6 heteroatoms. The van der Waals surface area contributed by atoms with Crippen molar-refractivity contribution in [2.75, 3.05) is 33.8 Å². The number of aliphatic imine (C=N–C) groups is 1. The number of benzene rings is 1. The third kappa shape index (κ3) is 9.30. The minimum absolute atomic E-state index is 0. The molecule has 0 aliphatic rings. The van der Waals surface area contributed by atoms with Gasteiger partial charge in [0.2, 0.25) is 0 Å². The fraction of sp³-hybridized carbons (Fsp3) is 0.632. The Morgan fingerprint density at radius 2 is 1.76 bits per heavy atom. The summed E-state index contributed by atoms with van der Waals surface area (Å²) in [6.07, 6.45) is 0.933. The molecular formula is C19H35IN4O. The van der Waals surface area contributed by atoms with E-state index in [9.17, 15) is 0 Å². The fourth-order valence-corrected chi connectivity index (χ4v) is 2.79. The Kier molecular flexibility index (Phi) is 12.7. The molecule has 5 nitrogen and oxygen atoms in total. The number of nitrogens with one attached hydrogen (secondary N) is 2. The largest absolute Gasteiger partial charge is 0.497 e. The standard InChI is InChI=1S/C19H34N4O.HI/c1-15(2)23(16(3)4)13-12-22-19(20-5)21-11-10-17-8-7-9-18(14-17)24-6;/h7-9,14-16H,10-13H2,1-6H3,(H2,20,21,22);1H. The third-order valence-corrected chi connectivity index (χ3v) is 4.05. The van der Waals surface area contributed by atoms with Crippen molar-refractivity contribution in [1.82, 2.24) is 15.5 Å². The van der Waals surface area contributed by atoms with Crippen LogP contribution in [0.1, 0.15) is 33.3 Å². The Morgan fingerprint density at radius 3 is 2.32 bits per heavy atom. The predicted octanol–water partition coefficient (Wildman–Crippen LogP) is 3.14. The molecule has 0 saturated carbocycles. The van der Waals surface area contributed by atoms with E-state index in [4.69, 9.17) is 4.74 Å². The molecule has 144 valence electrons. The van der Waals surface area contributed by atoms with Crippen LogP contribution in [0.5, 0.6) is 5.75 Å². The van der Waals surface area contributed by atoms with E-state index in [1.807, 2.05) is 19.2 Å². The maximum absolute atomic E-state index is 5.26. The number of methoxy groups -OCH3 is 1. The number of hydrogen-bond acceptors (Lipinski definition) is 3. The number of rotatable bonds is 9. The summed E-state index contributed by atoms with van der Waals surface area (Å²) in [5, 5.41) is 6.76. The average molecular weight is 462 g/mol. The van der Waals surface area contributed by atoms with Crippen LogP contribution >= 0.6 is 24.0 Å². The van der Waals surface area contributed by atoms with Gasteiger partial charge in [-0.25, -0.2) is 0 Å². The molecular weight excluding hydrogens is 427 g/mol. The second-order valence-corrected chi connectivity index (χ2v) is 6.45. The summed E-state index contributed by atoms with van der Waals surface area (Å²) in [6, 6.07) is 9.27. The zero-order chi connectivity index (χ0) is 17.9. The lowest BCUT2D eigenvalue weighted by Gasteiger charge is -2.30. The second kappa shape index (κ2) is 13.2. The van der Waals surface area contributed by atoms with E-state index in [1.165, 1.54) is 5.56 Å². The number of ether oxygens (including phenoxy) is 1. The summed E-state index contributed by atoms with van der Waals surface area (Å²) >= 11 is 0. The van der Waals surface area contributed by atoms with Crippen molar-refractivity contribution in [2.24, 2.45) is 4.99 Å². The van der Waals surface area contributed by atoms with E-state index < -0.39 is 0 Å². The van der Waals surface area contributed by atoms with Crippen molar-refractivity contribution in [3.8, 4) is 5.75 Å². The molecule has 0 bridgehead atoms. The maximum Gasteiger partial charge on any atom is 0.191 e. The van der Waals surface area contributed by atoms with Crippen LogP contribution in [-0.4, -0.2) is 56.7 Å². The molecule has 0 unspecified atom stereocenters. The lowest BCUT2D eigenvalue weighted by Crippen LogP contribution is -2.45. The fourth-order valence-electron chi connectivity index (χ4n) is 2.79. The molecule has 0 saturated heterocycles. The summed E-state index contributed by atoms with van der Waals surface area (Å²) < 4.78 is 5.26. The molecule has 1 aromatic carbocycles. The smallest absolute Gasteiger partial charge is 0.191 e. The first kappa shape index (κ1) is 24.0. The van der Waals surface area contributed by atoms with Gasteiger partial charge in [-0.15, -0.1) is 24.0 Å². The van der Waals surface area contributed by atoms with E-state index in [-0.39, 0.29) is 24.0 Å². The van der Waals surface area contributed by atoms with Crippen LogP contribution in [0.4, 0.5) is 0 Å². The number of hydrogen-bond donors (Lipinski definition) is 2. The first-order valence-corrected chi connectivity index (χ1v) is 8.81. The molecule has 0 amide bonds. The Balaban J connectivity index is 0.00000576. The molecule has 0 heterocycles. The lowest BCUT2D eigenvalue weighted by atomic mass is 10.1. The Bertz CT molecular complexity index is 498. The molecule has 25 heavy (non-hydrogen) atoms. The first-order valence-electron chi connectivity index (χ1n) is 8.81. The summed E-state index contributed by atoms with van der Waals surface area (Å²) in [5.41, 5.74) is 1.25. The van der Waals surface area contributed by atoms with Gasteiger partial charge >= 0.3 is 0 Å². The topological polar surface area (TPSA) is 48.9 Å². The Labute approximate surface area is 170 Å². The van der Waals surface area contributed by atoms with Crippen molar-refractivity contribution in [1.29, 1.82) is 0 Å². The van der Waals surface area contributed by atoms with Crippen LogP contribution in [0, 0.1) is 0 Å². The quantitative estimate of drug-likeness (QED) is 0.337. The van der Waals surface area contributed by atoms with Crippen molar-refractivity contribution in [3.05, 3.63) is 29.8 Å². The van der Waals surface area contributed by atoms with Gasteiger partial charge in [-0.1, -0.05) is 12.1 Å². The molecule has 0 aliphatic heterocycles. The SMILES string of the molecule is CN=C(NCCc1cccc(OC)c1)NCCN(C(C)C)C(C)C.I. The summed E-state index contributed by atoms with van der Waals surface area (Å²) in [5.74, 6) is 1.75. The second-order valence-electron chi connectivity index (χ2n) is 6.45. The van der Waals surface area contributed by atoms with Crippen LogP contribution < -0.4 is 15.4 Å². The van der Waals surface area contributed by atoms with E-state index in [1.54, 1.807) is 7.11 Å². The van der Waals surface area contributed by atoms with Crippen molar-refractivity contribution >= 4 is 29.9 Å². The van der Waals surface area contributed by atoms with Gasteiger partial charge in [-0.2, -0.15) is 0 Å². The van der Waals surface area contributed by atoms with Gasteiger partial charge in [-0.05, 0) is 51.8 Å². The summed E-state index contributed by atoms with van der Waals surface area (Å²) in [7, 11) is 3.50. The normalized spacial score (nSPS) is 11.6. The molecule has 0 fully saturated rings. The van der Waals surface area contributed by atoms with Gasteiger partial charge in [0.15, 0.2) is 5.96 Å². The van der Waals surface area contributed by atoms with Crippen LogP contribution in [0.15, 0.2) is 29.3 Å². The average Bonchev–Trinajstić information content (AvgIpc) is 2.56. The van der Waals surface area contributed by atoms with Gasteiger partial charge in [0.05, 0.1) is 7.11 Å². The Morgan fingerprint density at radius 1 is 1.12 bits per heavy atom. The van der Waals surface area contributed by atoms with E-state index in [0.29, 0.717) is 12.1 Å². The molecule has 0 aliphatic carbocycles. The number of halogens is 1. The van der Waals surface area contributed by atoms with Crippen LogP contribution in [0.2, 0.25) is 0 Å². The molecule has 1 aromatic rings. The monoisotopic (exact) mass is 462 g/mol. The third-order valence-electron chi connectivity index (χ3n) is 4.05. The highest BCUT2D eigenvalue weighted by molar-refractivity contribution is 14.0. The minimum atomic E-state index is 0. The highest BCUT2D eigenvalue weighted by Gasteiger charge is 2.12. The molecule has 0 atom stereocenters. The zero-order valence-electron chi connectivity index (χ0n) is 16.5. The molecule has 2 N–H and O–H groups in total. The predicted molar refractivity (Wildman–Crippen MR) is 118 cm³/mol. The van der Waals surface area contributed by atoms with Gasteiger partial charge in [0, 0.05) is 38.8 Å². The highest BCUT2D eigenvalue weighted by Crippen LogP contribution is 2.12. The van der Waals surface area contributed by atoms with Crippen molar-refractivity contribution in [2.45, 2.75) is 46.2 Å². The molecule has 0 radical (unpaired) electrons. The molecule has 0 aromatic heterocycles. The van der Waals surface area contributed by atoms with E-state index >= 15 is 0 Å². The van der Waals surface area contributed by atoms with E-state index in [0.717, 1.165) is 37.8 Å². The zero-order valence-corrected chi connectivity index (χ0v) is 18.8. The van der Waals surface area contributed by atoms with Gasteiger partial charge < -0.3 is 15.4 Å². The molecule has 0 spiro atoms. The molecule has 1 rings (SSSR count). The van der Waals surface area contributed by atoms with Crippen molar-refractivity contribution in [3.63, 3.8) is 0 Å². The maximum atomic E-state index is 5.26. The van der Waals surface area contributed by atoms with Crippen LogP contribution in [0.25, 0.3) is 0 Å². The van der Waals surface area contributed by atoms with Crippen molar-refractivity contribution < 1.29 is 4.74 Å².